The lowest BCUT2D eigenvalue weighted by atomic mass is 10.1. The lowest BCUT2D eigenvalue weighted by molar-refractivity contribution is 0.0965. The number of methoxy groups -OCH3 is 2. The van der Waals surface area contributed by atoms with Crippen LogP contribution in [0.5, 0.6) is 11.5 Å². The van der Waals surface area contributed by atoms with E-state index < -0.39 is 5.56 Å². The summed E-state index contributed by atoms with van der Waals surface area (Å²) in [6.45, 7) is -0.233. The highest BCUT2D eigenvalue weighted by atomic mass is 19.1. The summed E-state index contributed by atoms with van der Waals surface area (Å²) in [7, 11) is 2.98. The van der Waals surface area contributed by atoms with Crippen molar-refractivity contribution in [2.75, 3.05) is 14.2 Å². The Balaban J connectivity index is 1.89. The largest absolute Gasteiger partial charge is 0.493 e. The number of aromatic nitrogens is 2. The van der Waals surface area contributed by atoms with Crippen molar-refractivity contribution in [3.05, 3.63) is 76.3 Å². The fourth-order valence-corrected chi connectivity index (χ4v) is 2.57. The normalized spacial score (nSPS) is 10.5. The molecule has 0 unspecified atom stereocenters. The molecule has 0 N–H and O–H groups in total. The van der Waals surface area contributed by atoms with E-state index in [1.165, 1.54) is 38.5 Å². The Morgan fingerprint density at radius 2 is 1.70 bits per heavy atom. The van der Waals surface area contributed by atoms with Crippen LogP contribution in [0.1, 0.15) is 10.4 Å². The van der Waals surface area contributed by atoms with Gasteiger partial charge in [0, 0.05) is 17.2 Å². The van der Waals surface area contributed by atoms with Gasteiger partial charge in [-0.2, -0.15) is 5.10 Å². The molecular weight excluding hydrogens is 351 g/mol. The molecule has 0 spiro atoms. The van der Waals surface area contributed by atoms with Crippen molar-refractivity contribution in [1.82, 2.24) is 9.78 Å². The molecule has 0 saturated heterocycles. The number of rotatable bonds is 6. The first kappa shape index (κ1) is 18.3. The van der Waals surface area contributed by atoms with E-state index in [-0.39, 0.29) is 18.1 Å². The van der Waals surface area contributed by atoms with Crippen molar-refractivity contribution < 1.29 is 18.7 Å². The molecule has 3 rings (SSSR count). The molecule has 0 bridgehead atoms. The first-order valence-electron chi connectivity index (χ1n) is 8.11. The summed E-state index contributed by atoms with van der Waals surface area (Å²) >= 11 is 0. The second kappa shape index (κ2) is 7.82. The Kier molecular flexibility index (Phi) is 5.30. The molecule has 0 fully saturated rings. The molecule has 6 nitrogen and oxygen atoms in total. The van der Waals surface area contributed by atoms with Gasteiger partial charge in [-0.15, -0.1) is 0 Å². The minimum Gasteiger partial charge on any atom is -0.493 e. The Morgan fingerprint density at radius 1 is 1.00 bits per heavy atom. The van der Waals surface area contributed by atoms with Crippen LogP contribution in [0.3, 0.4) is 0 Å². The van der Waals surface area contributed by atoms with E-state index in [0.29, 0.717) is 28.3 Å². The van der Waals surface area contributed by atoms with E-state index in [2.05, 4.69) is 5.10 Å². The van der Waals surface area contributed by atoms with Crippen LogP contribution in [-0.2, 0) is 6.54 Å². The zero-order valence-corrected chi connectivity index (χ0v) is 14.8. The Labute approximate surface area is 154 Å². The zero-order valence-electron chi connectivity index (χ0n) is 14.8. The van der Waals surface area contributed by atoms with Crippen LogP contribution >= 0.6 is 0 Å². The van der Waals surface area contributed by atoms with Gasteiger partial charge in [0.2, 0.25) is 0 Å². The lowest BCUT2D eigenvalue weighted by Crippen LogP contribution is -2.26. The van der Waals surface area contributed by atoms with Crippen molar-refractivity contribution in [2.45, 2.75) is 6.54 Å². The predicted molar refractivity (Wildman–Crippen MR) is 97.8 cm³/mol. The van der Waals surface area contributed by atoms with Crippen molar-refractivity contribution in [2.24, 2.45) is 0 Å². The molecule has 2 aromatic carbocycles. The van der Waals surface area contributed by atoms with Gasteiger partial charge in [-0.05, 0) is 48.5 Å². The first-order chi connectivity index (χ1) is 13.0. The van der Waals surface area contributed by atoms with Gasteiger partial charge in [0.15, 0.2) is 17.3 Å². The fraction of sp³-hybridized carbons (Fsp3) is 0.150. The number of carbonyl (C=O) groups is 1. The third-order valence-electron chi connectivity index (χ3n) is 4.01. The molecule has 1 aromatic heterocycles. The lowest BCUT2D eigenvalue weighted by Gasteiger charge is -2.10. The van der Waals surface area contributed by atoms with Crippen molar-refractivity contribution >= 4 is 5.78 Å². The van der Waals surface area contributed by atoms with E-state index >= 15 is 0 Å². The van der Waals surface area contributed by atoms with Crippen LogP contribution in [0.25, 0.3) is 11.3 Å². The quantitative estimate of drug-likeness (QED) is 0.626. The Bertz CT molecular complexity index is 1030. The van der Waals surface area contributed by atoms with E-state index in [0.717, 1.165) is 4.68 Å². The summed E-state index contributed by atoms with van der Waals surface area (Å²) < 4.78 is 24.5. The third kappa shape index (κ3) is 4.03. The average molecular weight is 368 g/mol. The van der Waals surface area contributed by atoms with Gasteiger partial charge in [0.25, 0.3) is 5.56 Å². The molecular formula is C20H17FN2O4. The van der Waals surface area contributed by atoms with Crippen molar-refractivity contribution in [3.8, 4) is 22.8 Å². The molecule has 0 atom stereocenters. The molecule has 0 amide bonds. The molecule has 0 aliphatic heterocycles. The minimum absolute atomic E-state index is 0.233. The van der Waals surface area contributed by atoms with Crippen LogP contribution in [0.15, 0.2) is 59.4 Å². The summed E-state index contributed by atoms with van der Waals surface area (Å²) in [5, 5.41) is 4.22. The van der Waals surface area contributed by atoms with Gasteiger partial charge in [-0.1, -0.05) is 0 Å². The van der Waals surface area contributed by atoms with E-state index in [1.807, 2.05) is 0 Å². The Morgan fingerprint density at radius 3 is 2.37 bits per heavy atom. The number of benzene rings is 2. The van der Waals surface area contributed by atoms with E-state index in [1.54, 1.807) is 30.3 Å². The van der Waals surface area contributed by atoms with Crippen LogP contribution < -0.4 is 15.0 Å². The van der Waals surface area contributed by atoms with E-state index in [4.69, 9.17) is 9.47 Å². The number of hydrogen-bond acceptors (Lipinski definition) is 5. The van der Waals surface area contributed by atoms with Crippen molar-refractivity contribution in [1.29, 1.82) is 0 Å². The van der Waals surface area contributed by atoms with Gasteiger partial charge < -0.3 is 9.47 Å². The maximum atomic E-state index is 13.1. The number of hydrogen-bond donors (Lipinski definition) is 0. The SMILES string of the molecule is COc1ccc(C(=O)Cn2nc(-c3ccc(F)cc3)ccc2=O)cc1OC. The fourth-order valence-electron chi connectivity index (χ4n) is 2.57. The zero-order chi connectivity index (χ0) is 19.4. The smallest absolute Gasteiger partial charge is 0.267 e. The van der Waals surface area contributed by atoms with Crippen molar-refractivity contribution in [3.63, 3.8) is 0 Å². The summed E-state index contributed by atoms with van der Waals surface area (Å²) in [5.41, 5.74) is 1.07. The highest BCUT2D eigenvalue weighted by Gasteiger charge is 2.13. The monoisotopic (exact) mass is 368 g/mol. The first-order valence-corrected chi connectivity index (χ1v) is 8.11. The molecule has 1 heterocycles. The van der Waals surface area contributed by atoms with Gasteiger partial charge in [0.05, 0.1) is 19.9 Å². The molecule has 0 radical (unpaired) electrons. The number of halogens is 1. The number of nitrogens with zero attached hydrogens (tertiary/aromatic N) is 2. The van der Waals surface area contributed by atoms with Gasteiger partial charge >= 0.3 is 0 Å². The van der Waals surface area contributed by atoms with Crippen LogP contribution in [0.2, 0.25) is 0 Å². The molecule has 27 heavy (non-hydrogen) atoms. The van der Waals surface area contributed by atoms with Crippen LogP contribution in [0, 0.1) is 5.82 Å². The molecule has 3 aromatic rings. The topological polar surface area (TPSA) is 70.4 Å². The second-order valence-corrected chi connectivity index (χ2v) is 5.71. The second-order valence-electron chi connectivity index (χ2n) is 5.71. The molecule has 0 aliphatic rings. The predicted octanol–water partition coefficient (Wildman–Crippen LogP) is 2.95. The summed E-state index contributed by atoms with van der Waals surface area (Å²) in [4.78, 5) is 24.7. The number of ether oxygens (including phenoxy) is 2. The summed E-state index contributed by atoms with van der Waals surface area (Å²) in [5.74, 6) is 0.254. The maximum absolute atomic E-state index is 13.1. The highest BCUT2D eigenvalue weighted by Crippen LogP contribution is 2.27. The maximum Gasteiger partial charge on any atom is 0.267 e. The Hall–Kier alpha value is -3.48. The summed E-state index contributed by atoms with van der Waals surface area (Å²) in [6.07, 6.45) is 0. The standard InChI is InChI=1S/C20H17FN2O4/c1-26-18-9-5-14(11-19(18)27-2)17(24)12-23-20(25)10-8-16(22-23)13-3-6-15(21)7-4-13/h3-11H,12H2,1-2H3. The molecule has 7 heteroatoms. The average Bonchev–Trinajstić information content (AvgIpc) is 2.69. The highest BCUT2D eigenvalue weighted by molar-refractivity contribution is 5.96. The molecule has 138 valence electrons. The third-order valence-corrected chi connectivity index (χ3v) is 4.01. The number of carbonyl (C=O) groups excluding carboxylic acids is 1. The van der Waals surface area contributed by atoms with Gasteiger partial charge in [0.1, 0.15) is 12.4 Å². The van der Waals surface area contributed by atoms with Crippen LogP contribution in [0.4, 0.5) is 4.39 Å². The minimum atomic E-state index is -0.408. The van der Waals surface area contributed by atoms with Gasteiger partial charge in [-0.3, -0.25) is 9.59 Å². The molecule has 0 aliphatic carbocycles. The number of Topliss-reactive ketones (excluding diaryl/α,β-unsaturated/α-hetero) is 1. The summed E-state index contributed by atoms with van der Waals surface area (Å²) in [6, 6.07) is 13.4. The van der Waals surface area contributed by atoms with E-state index in [9.17, 15) is 14.0 Å². The molecule has 0 saturated carbocycles. The van der Waals surface area contributed by atoms with Crippen LogP contribution in [-0.4, -0.2) is 29.8 Å². The number of ketones is 1. The van der Waals surface area contributed by atoms with Gasteiger partial charge in [-0.25, -0.2) is 9.07 Å².